The predicted molar refractivity (Wildman–Crippen MR) is 49.8 cm³/mol. The Hall–Kier alpha value is -0.660. The van der Waals surface area contributed by atoms with Crippen molar-refractivity contribution in [2.24, 2.45) is 22.7 Å². The van der Waals surface area contributed by atoms with Gasteiger partial charge in [0.15, 0.2) is 0 Å². The Balaban J connectivity index is 2.18. The molecule has 0 amide bonds. The molecule has 2 heteroatoms. The second-order valence-corrected chi connectivity index (χ2v) is 5.47. The number of hydrogen-bond donors (Lipinski definition) is 1. The Morgan fingerprint density at radius 2 is 2.15 bits per heavy atom. The van der Waals surface area contributed by atoms with Crippen LogP contribution in [0.1, 0.15) is 33.1 Å². The van der Waals surface area contributed by atoms with Crippen LogP contribution >= 0.6 is 0 Å². The molecule has 0 bridgehead atoms. The molecule has 0 aromatic heterocycles. The van der Waals surface area contributed by atoms with Gasteiger partial charge in [-0.1, -0.05) is 13.8 Å². The Labute approximate surface area is 78.2 Å². The van der Waals surface area contributed by atoms with Gasteiger partial charge in [-0.15, -0.1) is 0 Å². The third-order valence-electron chi connectivity index (χ3n) is 5.18. The van der Waals surface area contributed by atoms with Crippen LogP contribution in [0.5, 0.6) is 0 Å². The van der Waals surface area contributed by atoms with Gasteiger partial charge in [-0.2, -0.15) is 0 Å². The summed E-state index contributed by atoms with van der Waals surface area (Å²) in [6.07, 6.45) is 3.03. The second-order valence-electron chi connectivity index (χ2n) is 5.47. The summed E-state index contributed by atoms with van der Waals surface area (Å²) >= 11 is 0. The van der Waals surface area contributed by atoms with Gasteiger partial charge >= 0.3 is 0 Å². The van der Waals surface area contributed by atoms with Gasteiger partial charge in [0.1, 0.15) is 5.78 Å². The highest BCUT2D eigenvalue weighted by Gasteiger charge is 2.74. The molecule has 0 aliphatic heterocycles. The molecule has 0 aromatic carbocycles. The minimum absolute atomic E-state index is 0.00463. The van der Waals surface area contributed by atoms with Gasteiger partial charge in [0.05, 0.1) is 5.92 Å². The molecule has 0 spiro atoms. The van der Waals surface area contributed by atoms with Crippen molar-refractivity contribution in [1.82, 2.24) is 0 Å². The lowest BCUT2D eigenvalue weighted by Gasteiger charge is -2.51. The standard InChI is InChI=1S/C11H15NO/c1-10-4-3-6-9(12)8(7(13)5-10)11(6,10)2/h6,8,12H,3-5H2,1-2H3. The molecular weight excluding hydrogens is 162 g/mol. The van der Waals surface area contributed by atoms with Crippen LogP contribution < -0.4 is 0 Å². The predicted octanol–water partition coefficient (Wildman–Crippen LogP) is 2.03. The number of hydrogen-bond acceptors (Lipinski definition) is 2. The molecule has 3 saturated carbocycles. The van der Waals surface area contributed by atoms with Crippen molar-refractivity contribution in [2.75, 3.05) is 0 Å². The Bertz CT molecular complexity index is 327. The number of rotatable bonds is 0. The zero-order chi connectivity index (χ0) is 9.43. The highest BCUT2D eigenvalue weighted by atomic mass is 16.1. The van der Waals surface area contributed by atoms with E-state index in [0.717, 1.165) is 25.0 Å². The number of nitrogens with one attached hydrogen (secondary N) is 1. The zero-order valence-corrected chi connectivity index (χ0v) is 8.18. The Kier molecular flexibility index (Phi) is 1.04. The van der Waals surface area contributed by atoms with E-state index in [1.165, 1.54) is 0 Å². The number of carbonyl (C=O) groups is 1. The van der Waals surface area contributed by atoms with E-state index in [4.69, 9.17) is 5.41 Å². The molecule has 13 heavy (non-hydrogen) atoms. The van der Waals surface area contributed by atoms with Gasteiger partial charge in [-0.3, -0.25) is 4.79 Å². The highest BCUT2D eigenvalue weighted by Crippen LogP contribution is 2.73. The maximum absolute atomic E-state index is 11.7. The summed E-state index contributed by atoms with van der Waals surface area (Å²) < 4.78 is 0. The third-order valence-corrected chi connectivity index (χ3v) is 5.18. The van der Waals surface area contributed by atoms with Gasteiger partial charge in [0, 0.05) is 18.1 Å². The molecule has 0 aromatic rings. The third kappa shape index (κ3) is 0.527. The van der Waals surface area contributed by atoms with Crippen LogP contribution in [0.15, 0.2) is 0 Å². The minimum Gasteiger partial charge on any atom is -0.309 e. The van der Waals surface area contributed by atoms with Gasteiger partial charge in [0.2, 0.25) is 0 Å². The minimum atomic E-state index is 0.00463. The molecule has 0 heterocycles. The maximum atomic E-state index is 11.7. The van der Waals surface area contributed by atoms with Gasteiger partial charge < -0.3 is 5.41 Å². The lowest BCUT2D eigenvalue weighted by molar-refractivity contribution is -0.121. The van der Waals surface area contributed by atoms with Crippen molar-refractivity contribution in [3.05, 3.63) is 0 Å². The molecule has 3 aliphatic rings. The van der Waals surface area contributed by atoms with Gasteiger partial charge in [-0.25, -0.2) is 0 Å². The van der Waals surface area contributed by atoms with Crippen LogP contribution in [0.3, 0.4) is 0 Å². The average molecular weight is 177 g/mol. The van der Waals surface area contributed by atoms with Crippen molar-refractivity contribution in [3.8, 4) is 0 Å². The molecule has 3 rings (SSSR count). The molecule has 4 atom stereocenters. The SMILES string of the molecule is CC12CCC3C(=N)C(C(=O)C1)C32C. The van der Waals surface area contributed by atoms with Crippen molar-refractivity contribution < 1.29 is 4.79 Å². The molecule has 0 radical (unpaired) electrons. The topological polar surface area (TPSA) is 40.9 Å². The lowest BCUT2D eigenvalue weighted by atomic mass is 9.51. The van der Waals surface area contributed by atoms with Gasteiger partial charge in [-0.05, 0) is 23.7 Å². The van der Waals surface area contributed by atoms with E-state index in [-0.39, 0.29) is 16.7 Å². The van der Waals surface area contributed by atoms with E-state index in [2.05, 4.69) is 13.8 Å². The smallest absolute Gasteiger partial charge is 0.142 e. The van der Waals surface area contributed by atoms with Crippen LogP contribution in [-0.2, 0) is 4.79 Å². The number of ketones is 1. The Morgan fingerprint density at radius 1 is 1.46 bits per heavy atom. The second kappa shape index (κ2) is 1.75. The summed E-state index contributed by atoms with van der Waals surface area (Å²) in [6, 6.07) is 0. The largest absolute Gasteiger partial charge is 0.309 e. The average Bonchev–Trinajstić information content (AvgIpc) is 2.29. The molecule has 3 fully saturated rings. The number of carbonyl (C=O) groups excluding carboxylic acids is 1. The van der Waals surface area contributed by atoms with Crippen LogP contribution in [0, 0.1) is 28.1 Å². The van der Waals surface area contributed by atoms with E-state index in [1.54, 1.807) is 0 Å². The zero-order valence-electron chi connectivity index (χ0n) is 8.18. The van der Waals surface area contributed by atoms with Crippen LogP contribution in [0.2, 0.25) is 0 Å². The van der Waals surface area contributed by atoms with Crippen LogP contribution in [0.4, 0.5) is 0 Å². The van der Waals surface area contributed by atoms with E-state index in [9.17, 15) is 4.79 Å². The molecule has 2 nitrogen and oxygen atoms in total. The van der Waals surface area contributed by atoms with Crippen molar-refractivity contribution >= 4 is 11.5 Å². The molecule has 0 saturated heterocycles. The lowest BCUT2D eigenvalue weighted by Crippen LogP contribution is -2.55. The summed E-state index contributed by atoms with van der Waals surface area (Å²) in [6.45, 7) is 4.48. The Morgan fingerprint density at radius 3 is 2.85 bits per heavy atom. The van der Waals surface area contributed by atoms with Gasteiger partial charge in [0.25, 0.3) is 0 Å². The molecule has 3 aliphatic carbocycles. The number of Topliss-reactive ketones (excluding diaryl/α,β-unsaturated/α-hetero) is 1. The van der Waals surface area contributed by atoms with Crippen molar-refractivity contribution in [1.29, 1.82) is 5.41 Å². The summed E-state index contributed by atoms with van der Waals surface area (Å²) in [5, 5.41) is 7.86. The molecule has 1 N–H and O–H groups in total. The normalized spacial score (nSPS) is 58.0. The van der Waals surface area contributed by atoms with Crippen LogP contribution in [-0.4, -0.2) is 11.5 Å². The first-order valence-electron chi connectivity index (χ1n) is 5.12. The fourth-order valence-electron chi connectivity index (χ4n) is 4.18. The van der Waals surface area contributed by atoms with Crippen LogP contribution in [0.25, 0.3) is 0 Å². The molecular formula is C11H15NO. The van der Waals surface area contributed by atoms with E-state index in [1.807, 2.05) is 0 Å². The summed E-state index contributed by atoms with van der Waals surface area (Å²) in [5.74, 6) is 0.782. The summed E-state index contributed by atoms with van der Waals surface area (Å²) in [7, 11) is 0. The molecule has 70 valence electrons. The van der Waals surface area contributed by atoms with E-state index < -0.39 is 0 Å². The first-order chi connectivity index (χ1) is 6.01. The van der Waals surface area contributed by atoms with E-state index in [0.29, 0.717) is 11.7 Å². The monoisotopic (exact) mass is 177 g/mol. The summed E-state index contributed by atoms with van der Waals surface area (Å²) in [5.41, 5.74) is 1.14. The first-order valence-corrected chi connectivity index (χ1v) is 5.12. The van der Waals surface area contributed by atoms with Crippen molar-refractivity contribution in [3.63, 3.8) is 0 Å². The first kappa shape index (κ1) is 7.72. The van der Waals surface area contributed by atoms with Crippen molar-refractivity contribution in [2.45, 2.75) is 33.1 Å². The molecule has 4 unspecified atom stereocenters. The maximum Gasteiger partial charge on any atom is 0.142 e. The quantitative estimate of drug-likeness (QED) is 0.604. The highest BCUT2D eigenvalue weighted by molar-refractivity contribution is 6.13. The van der Waals surface area contributed by atoms with E-state index >= 15 is 0 Å². The fraction of sp³-hybridized carbons (Fsp3) is 0.818. The fourth-order valence-corrected chi connectivity index (χ4v) is 4.18. The summed E-state index contributed by atoms with van der Waals surface area (Å²) in [4.78, 5) is 11.7.